The van der Waals surface area contributed by atoms with Crippen molar-refractivity contribution >= 4 is 23.7 Å². The molecule has 4 aliphatic rings. The predicted molar refractivity (Wildman–Crippen MR) is 278 cm³/mol. The van der Waals surface area contributed by atoms with E-state index in [2.05, 4.69) is 54.0 Å². The van der Waals surface area contributed by atoms with E-state index in [9.17, 15) is 9.59 Å². The first kappa shape index (κ1) is 52.4. The number of guanidine groups is 2. The van der Waals surface area contributed by atoms with Gasteiger partial charge in [-0.2, -0.15) is 10.5 Å². The molecule has 0 radical (unpaired) electrons. The number of nitrogens with zero attached hydrogens (tertiary/aromatic N) is 4. The Kier molecular flexibility index (Phi) is 18.6. The molecule has 4 saturated carbocycles. The first-order chi connectivity index (χ1) is 35.2. The van der Waals surface area contributed by atoms with Crippen LogP contribution in [-0.2, 0) is 10.8 Å². The number of carbonyl (C=O) groups is 2. The largest absolute Gasteiger partial charge is 0.496 e. The van der Waals surface area contributed by atoms with E-state index in [0.717, 1.165) is 87.1 Å². The van der Waals surface area contributed by atoms with E-state index in [1.165, 1.54) is 25.7 Å². The van der Waals surface area contributed by atoms with Crippen molar-refractivity contribution in [3.63, 3.8) is 0 Å². The van der Waals surface area contributed by atoms with Gasteiger partial charge in [-0.3, -0.25) is 30.2 Å². The van der Waals surface area contributed by atoms with Crippen LogP contribution in [0.2, 0.25) is 0 Å². The summed E-state index contributed by atoms with van der Waals surface area (Å²) in [6, 6.07) is 31.0. The van der Waals surface area contributed by atoms with E-state index < -0.39 is 0 Å². The van der Waals surface area contributed by atoms with E-state index in [1.807, 2.05) is 73.0 Å². The Morgan fingerprint density at radius 2 is 0.847 bits per heavy atom. The van der Waals surface area contributed by atoms with Gasteiger partial charge in [0, 0.05) is 60.2 Å². The third kappa shape index (κ3) is 13.9. The monoisotopic (exact) mass is 979 g/mol. The van der Waals surface area contributed by atoms with Crippen molar-refractivity contribution < 1.29 is 28.5 Å². The lowest BCUT2D eigenvalue weighted by molar-refractivity contribution is 0.0923. The zero-order chi connectivity index (χ0) is 50.8. The minimum absolute atomic E-state index is 0.158. The van der Waals surface area contributed by atoms with Crippen molar-refractivity contribution in [1.82, 2.24) is 31.9 Å². The van der Waals surface area contributed by atoms with Crippen LogP contribution in [0.1, 0.15) is 109 Å². The highest BCUT2D eigenvalue weighted by atomic mass is 16.5. The van der Waals surface area contributed by atoms with Crippen molar-refractivity contribution in [3.05, 3.63) is 119 Å². The molecule has 4 aromatic carbocycles. The molecule has 6 N–H and O–H groups in total. The van der Waals surface area contributed by atoms with Crippen LogP contribution >= 0.6 is 0 Å². The van der Waals surface area contributed by atoms with Gasteiger partial charge in [-0.05, 0) is 125 Å². The SMILES string of the molecule is COc1ccccc1C(=O)NCC1(c2ccccc2OC)CCC(NC(=NCC2CC2)NC#N)CC1.COc1ccccc1C(=O)NCC1(c2ccccc2OC)CCC(NC(=NCC2CC2)NC#N)CC1. The Morgan fingerprint density at radius 1 is 0.514 bits per heavy atom. The van der Waals surface area contributed by atoms with E-state index in [4.69, 9.17) is 29.5 Å². The molecule has 8 rings (SSSR count). The van der Waals surface area contributed by atoms with Gasteiger partial charge in [0.2, 0.25) is 11.9 Å². The van der Waals surface area contributed by atoms with Gasteiger partial charge in [-0.1, -0.05) is 60.7 Å². The van der Waals surface area contributed by atoms with Crippen LogP contribution in [0.25, 0.3) is 0 Å². The van der Waals surface area contributed by atoms with E-state index in [1.54, 1.807) is 52.7 Å². The van der Waals surface area contributed by atoms with Gasteiger partial charge in [-0.25, -0.2) is 0 Å². The summed E-state index contributed by atoms with van der Waals surface area (Å²) in [5.41, 5.74) is 2.68. The van der Waals surface area contributed by atoms with Gasteiger partial charge >= 0.3 is 0 Å². The Labute approximate surface area is 424 Å². The Bertz CT molecular complexity index is 2410. The summed E-state index contributed by atoms with van der Waals surface area (Å²) in [6.07, 6.45) is 15.7. The van der Waals surface area contributed by atoms with Gasteiger partial charge in [0.1, 0.15) is 23.0 Å². The summed E-state index contributed by atoms with van der Waals surface area (Å²) in [4.78, 5) is 35.4. The van der Waals surface area contributed by atoms with E-state index in [0.29, 0.717) is 59.5 Å². The van der Waals surface area contributed by atoms with Crippen molar-refractivity contribution in [1.29, 1.82) is 10.5 Å². The quantitative estimate of drug-likeness (QED) is 0.0248. The lowest BCUT2D eigenvalue weighted by Crippen LogP contribution is -2.49. The van der Waals surface area contributed by atoms with Gasteiger partial charge < -0.3 is 40.2 Å². The third-order valence-electron chi connectivity index (χ3n) is 14.6. The second kappa shape index (κ2) is 25.6. The zero-order valence-corrected chi connectivity index (χ0v) is 42.1. The van der Waals surface area contributed by atoms with Gasteiger partial charge in [0.15, 0.2) is 12.4 Å². The van der Waals surface area contributed by atoms with Crippen LogP contribution < -0.4 is 50.8 Å². The van der Waals surface area contributed by atoms with Gasteiger partial charge in [-0.15, -0.1) is 0 Å². The molecule has 0 atom stereocenters. The van der Waals surface area contributed by atoms with Crippen molar-refractivity contribution in [3.8, 4) is 35.4 Å². The number of aliphatic imine (C=N–C) groups is 2. The summed E-state index contributed by atoms with van der Waals surface area (Å²) in [5, 5.41) is 36.9. The van der Waals surface area contributed by atoms with Crippen LogP contribution in [0.3, 0.4) is 0 Å². The molecule has 0 spiro atoms. The highest BCUT2D eigenvalue weighted by molar-refractivity contribution is 5.97. The van der Waals surface area contributed by atoms with Crippen LogP contribution in [0.5, 0.6) is 23.0 Å². The average molecular weight is 979 g/mol. The maximum absolute atomic E-state index is 13.1. The number of amides is 2. The second-order valence-electron chi connectivity index (χ2n) is 19.3. The number of hydrogen-bond acceptors (Lipinski definition) is 10. The molecule has 0 saturated heterocycles. The molecule has 0 unspecified atom stereocenters. The van der Waals surface area contributed by atoms with Crippen LogP contribution in [0.4, 0.5) is 0 Å². The molecular formula is C56H70N10O6. The summed E-state index contributed by atoms with van der Waals surface area (Å²) >= 11 is 0. The molecule has 380 valence electrons. The molecule has 0 aliphatic heterocycles. The molecule has 4 aliphatic carbocycles. The molecular weight excluding hydrogens is 909 g/mol. The minimum Gasteiger partial charge on any atom is -0.496 e. The fourth-order valence-electron chi connectivity index (χ4n) is 10.0. The first-order valence-electron chi connectivity index (χ1n) is 25.2. The number of methoxy groups -OCH3 is 4. The summed E-state index contributed by atoms with van der Waals surface area (Å²) in [7, 11) is 6.51. The number of nitriles is 2. The number of ether oxygens (including phenoxy) is 4. The van der Waals surface area contributed by atoms with Crippen LogP contribution in [0.15, 0.2) is 107 Å². The van der Waals surface area contributed by atoms with Crippen molar-refractivity contribution in [2.75, 3.05) is 54.6 Å². The smallest absolute Gasteiger partial charge is 0.255 e. The van der Waals surface area contributed by atoms with E-state index in [-0.39, 0.29) is 34.7 Å². The molecule has 2 amide bonds. The first-order valence-corrected chi connectivity index (χ1v) is 25.2. The normalized spacial score (nSPS) is 21.7. The number of para-hydroxylation sites is 4. The number of nitrogens with one attached hydrogen (secondary N) is 6. The lowest BCUT2D eigenvalue weighted by atomic mass is 9.67. The minimum atomic E-state index is -0.281. The summed E-state index contributed by atoms with van der Waals surface area (Å²) in [5.74, 6) is 4.87. The van der Waals surface area contributed by atoms with Crippen LogP contribution in [0, 0.1) is 34.7 Å². The average Bonchev–Trinajstić information content (AvgIpc) is 4.39. The Balaban J connectivity index is 0.000000211. The highest BCUT2D eigenvalue weighted by Crippen LogP contribution is 2.45. The van der Waals surface area contributed by atoms with E-state index >= 15 is 0 Å². The third-order valence-corrected chi connectivity index (χ3v) is 14.6. The molecule has 0 heterocycles. The predicted octanol–water partition coefficient (Wildman–Crippen LogP) is 7.48. The van der Waals surface area contributed by atoms with Crippen molar-refractivity contribution in [2.45, 2.75) is 100.0 Å². The maximum Gasteiger partial charge on any atom is 0.255 e. The van der Waals surface area contributed by atoms with Gasteiger partial charge in [0.25, 0.3) is 11.8 Å². The zero-order valence-electron chi connectivity index (χ0n) is 42.1. The fraction of sp³-hybridized carbons (Fsp3) is 0.464. The number of hydrogen-bond donors (Lipinski definition) is 6. The molecule has 4 aromatic rings. The van der Waals surface area contributed by atoms with Crippen LogP contribution in [-0.4, -0.2) is 90.4 Å². The Hall–Kier alpha value is -7.46. The number of rotatable bonds is 18. The topological polar surface area (TPSA) is 216 Å². The molecule has 16 heteroatoms. The van der Waals surface area contributed by atoms with Gasteiger partial charge in [0.05, 0.1) is 39.6 Å². The number of benzene rings is 4. The lowest BCUT2D eigenvalue weighted by Gasteiger charge is -2.41. The molecule has 4 fully saturated rings. The Morgan fingerprint density at radius 3 is 1.18 bits per heavy atom. The summed E-state index contributed by atoms with van der Waals surface area (Å²) in [6.45, 7) is 2.47. The maximum atomic E-state index is 13.1. The molecule has 0 bridgehead atoms. The molecule has 0 aromatic heterocycles. The molecule has 16 nitrogen and oxygen atoms in total. The molecule has 72 heavy (non-hydrogen) atoms. The fourth-order valence-corrected chi connectivity index (χ4v) is 10.0. The summed E-state index contributed by atoms with van der Waals surface area (Å²) < 4.78 is 22.2. The second-order valence-corrected chi connectivity index (χ2v) is 19.3. The highest BCUT2D eigenvalue weighted by Gasteiger charge is 2.41. The number of carbonyl (C=O) groups excluding carboxylic acids is 2. The standard InChI is InChI=1S/2C28H35N5O3/c2*1-35-24-9-5-3-7-22(24)26(34)31-18-28(23-8-4-6-10-25(23)36-2)15-13-21(14-16-28)33-27(32-19-29)30-17-20-11-12-20/h2*3-10,20-21H,11-18H2,1-2H3,(H,31,34)(H2,30,32,33). The van der Waals surface area contributed by atoms with Crippen molar-refractivity contribution in [2.24, 2.45) is 21.8 Å².